The molecule has 1 aliphatic heterocycles. The molecule has 0 radical (unpaired) electrons. The Morgan fingerprint density at radius 3 is 2.61 bits per heavy atom. The minimum atomic E-state index is -4.42. The second-order valence-corrected chi connectivity index (χ2v) is 4.01. The molecular formula is C11H14ClF3N2O. The number of hydrogen-bond donors (Lipinski definition) is 1. The monoisotopic (exact) mass is 282 g/mol. The fourth-order valence-electron chi connectivity index (χ4n) is 1.94. The number of ether oxygens (including phenoxy) is 1. The number of aromatic nitrogens is 1. The molecule has 0 bridgehead atoms. The van der Waals surface area contributed by atoms with Gasteiger partial charge in [0.2, 0.25) is 0 Å². The number of pyridine rings is 1. The third-order valence-corrected chi connectivity index (χ3v) is 2.93. The van der Waals surface area contributed by atoms with Crippen molar-refractivity contribution in [2.24, 2.45) is 0 Å². The molecule has 0 saturated heterocycles. The van der Waals surface area contributed by atoms with Crippen molar-refractivity contribution in [3.63, 3.8) is 0 Å². The number of fused-ring (bicyclic) bond motifs is 1. The van der Waals surface area contributed by atoms with Crippen LogP contribution in [-0.4, -0.2) is 18.6 Å². The summed E-state index contributed by atoms with van der Waals surface area (Å²) in [6.07, 6.45) is -3.46. The van der Waals surface area contributed by atoms with Gasteiger partial charge in [-0.2, -0.15) is 13.2 Å². The molecule has 7 heteroatoms. The van der Waals surface area contributed by atoms with E-state index in [0.717, 1.165) is 11.6 Å². The van der Waals surface area contributed by atoms with Crippen molar-refractivity contribution >= 4 is 12.4 Å². The van der Waals surface area contributed by atoms with Crippen LogP contribution >= 0.6 is 12.4 Å². The van der Waals surface area contributed by atoms with Gasteiger partial charge in [-0.05, 0) is 31.2 Å². The molecule has 0 aliphatic carbocycles. The van der Waals surface area contributed by atoms with Crippen molar-refractivity contribution in [2.75, 3.05) is 13.7 Å². The highest BCUT2D eigenvalue weighted by Crippen LogP contribution is 2.35. The fourth-order valence-corrected chi connectivity index (χ4v) is 1.94. The van der Waals surface area contributed by atoms with Gasteiger partial charge in [-0.1, -0.05) is 0 Å². The third kappa shape index (κ3) is 2.76. The van der Waals surface area contributed by atoms with Crippen LogP contribution in [0.25, 0.3) is 0 Å². The van der Waals surface area contributed by atoms with Gasteiger partial charge in [0, 0.05) is 6.20 Å². The lowest BCUT2D eigenvalue weighted by Gasteiger charge is -2.30. The summed E-state index contributed by atoms with van der Waals surface area (Å²) in [7, 11) is 1.74. The lowest BCUT2D eigenvalue weighted by atomic mass is 9.96. The fraction of sp³-hybridized carbons (Fsp3) is 0.545. The van der Waals surface area contributed by atoms with Gasteiger partial charge < -0.3 is 10.1 Å². The van der Waals surface area contributed by atoms with Crippen molar-refractivity contribution in [3.8, 4) is 0 Å². The second kappa shape index (κ2) is 5.42. The highest BCUT2D eigenvalue weighted by Gasteiger charge is 2.35. The summed E-state index contributed by atoms with van der Waals surface area (Å²) in [6.45, 7) is 2.18. The van der Waals surface area contributed by atoms with Gasteiger partial charge in [0.15, 0.2) is 0 Å². The van der Waals surface area contributed by atoms with Crippen LogP contribution in [0.2, 0.25) is 0 Å². The molecule has 0 spiro atoms. The van der Waals surface area contributed by atoms with E-state index in [1.165, 1.54) is 6.20 Å². The molecular weight excluding hydrogens is 269 g/mol. The number of alkyl halides is 3. The highest BCUT2D eigenvalue weighted by molar-refractivity contribution is 5.85. The summed E-state index contributed by atoms with van der Waals surface area (Å²) in [5.74, 6) is 0. The number of nitrogens with one attached hydrogen (secondary N) is 1. The minimum Gasteiger partial charge on any atom is -0.372 e. The van der Waals surface area contributed by atoms with Crippen LogP contribution < -0.4 is 5.32 Å². The zero-order valence-electron chi connectivity index (χ0n) is 9.91. The SMILES string of the molecule is CN[C@@H]1CO[C@H](C)c2cc(C(F)(F)F)ncc21.Cl. The molecule has 0 fully saturated rings. The smallest absolute Gasteiger partial charge is 0.372 e. The van der Waals surface area contributed by atoms with E-state index in [1.54, 1.807) is 14.0 Å². The molecule has 1 N–H and O–H groups in total. The van der Waals surface area contributed by atoms with Gasteiger partial charge in [-0.25, -0.2) is 0 Å². The Labute approximate surface area is 109 Å². The Hall–Kier alpha value is -0.850. The number of hydrogen-bond acceptors (Lipinski definition) is 3. The molecule has 2 heterocycles. The molecule has 18 heavy (non-hydrogen) atoms. The van der Waals surface area contributed by atoms with E-state index >= 15 is 0 Å². The summed E-state index contributed by atoms with van der Waals surface area (Å²) in [5, 5.41) is 2.99. The molecule has 0 amide bonds. The third-order valence-electron chi connectivity index (χ3n) is 2.93. The number of halogens is 4. The zero-order valence-corrected chi connectivity index (χ0v) is 10.7. The molecule has 3 nitrogen and oxygen atoms in total. The highest BCUT2D eigenvalue weighted by atomic mass is 35.5. The molecule has 0 unspecified atom stereocenters. The van der Waals surface area contributed by atoms with E-state index in [-0.39, 0.29) is 24.6 Å². The summed E-state index contributed by atoms with van der Waals surface area (Å²) in [5.41, 5.74) is 0.459. The van der Waals surface area contributed by atoms with E-state index in [9.17, 15) is 13.2 Å². The van der Waals surface area contributed by atoms with Crippen LogP contribution in [0.5, 0.6) is 0 Å². The maximum atomic E-state index is 12.5. The van der Waals surface area contributed by atoms with Crippen LogP contribution in [0.1, 0.15) is 35.9 Å². The van der Waals surface area contributed by atoms with Crippen LogP contribution in [-0.2, 0) is 10.9 Å². The zero-order chi connectivity index (χ0) is 12.6. The first-order chi connectivity index (χ1) is 7.93. The number of nitrogens with zero attached hydrogens (tertiary/aromatic N) is 1. The van der Waals surface area contributed by atoms with Gasteiger partial charge in [0.1, 0.15) is 5.69 Å². The number of rotatable bonds is 1. The summed E-state index contributed by atoms with van der Waals surface area (Å²) >= 11 is 0. The average molecular weight is 283 g/mol. The van der Waals surface area contributed by atoms with E-state index < -0.39 is 11.9 Å². The first-order valence-electron chi connectivity index (χ1n) is 5.29. The van der Waals surface area contributed by atoms with E-state index in [0.29, 0.717) is 12.2 Å². The van der Waals surface area contributed by atoms with Crippen LogP contribution in [0.4, 0.5) is 13.2 Å². The first-order valence-corrected chi connectivity index (χ1v) is 5.29. The standard InChI is InChI=1S/C11H13F3N2O.ClH/c1-6-7-3-10(11(12,13)14)16-4-8(7)9(15-2)5-17-6;/h3-4,6,9,15H,5H2,1-2H3;1H/t6-,9-;/m1./s1. The molecule has 0 aromatic carbocycles. The first kappa shape index (κ1) is 15.2. The largest absolute Gasteiger partial charge is 0.433 e. The summed E-state index contributed by atoms with van der Waals surface area (Å²) in [4.78, 5) is 3.48. The van der Waals surface area contributed by atoms with Gasteiger partial charge in [-0.3, -0.25) is 4.98 Å². The normalized spacial score (nSPS) is 23.2. The van der Waals surface area contributed by atoms with Crippen molar-refractivity contribution in [3.05, 3.63) is 29.1 Å². The van der Waals surface area contributed by atoms with Gasteiger partial charge in [0.25, 0.3) is 0 Å². The molecule has 1 aromatic heterocycles. The van der Waals surface area contributed by atoms with Crippen molar-refractivity contribution in [1.82, 2.24) is 10.3 Å². The summed E-state index contributed by atoms with van der Waals surface area (Å²) in [6, 6.07) is 0.972. The maximum absolute atomic E-state index is 12.5. The van der Waals surface area contributed by atoms with E-state index in [1.807, 2.05) is 0 Å². The lowest BCUT2D eigenvalue weighted by molar-refractivity contribution is -0.141. The average Bonchev–Trinajstić information content (AvgIpc) is 2.28. The maximum Gasteiger partial charge on any atom is 0.433 e. The van der Waals surface area contributed by atoms with Crippen molar-refractivity contribution in [2.45, 2.75) is 25.2 Å². The molecule has 2 atom stereocenters. The topological polar surface area (TPSA) is 34.1 Å². The van der Waals surface area contributed by atoms with Gasteiger partial charge in [0.05, 0.1) is 18.8 Å². The van der Waals surface area contributed by atoms with Crippen LogP contribution in [0.15, 0.2) is 12.3 Å². The predicted molar refractivity (Wildman–Crippen MR) is 62.7 cm³/mol. The van der Waals surface area contributed by atoms with E-state index in [2.05, 4.69) is 10.3 Å². The van der Waals surface area contributed by atoms with Crippen molar-refractivity contribution in [1.29, 1.82) is 0 Å². The number of likely N-dealkylation sites (N-methyl/N-ethyl adjacent to an activating group) is 1. The Balaban J connectivity index is 0.00000162. The Kier molecular flexibility index (Phi) is 4.58. The van der Waals surface area contributed by atoms with Crippen molar-refractivity contribution < 1.29 is 17.9 Å². The predicted octanol–water partition coefficient (Wildman–Crippen LogP) is 2.87. The Morgan fingerprint density at radius 2 is 2.06 bits per heavy atom. The molecule has 0 saturated carbocycles. The lowest BCUT2D eigenvalue weighted by Crippen LogP contribution is -2.29. The van der Waals surface area contributed by atoms with Gasteiger partial charge >= 0.3 is 6.18 Å². The molecule has 1 aliphatic rings. The Morgan fingerprint density at radius 1 is 1.39 bits per heavy atom. The summed E-state index contributed by atoms with van der Waals surface area (Å²) < 4.78 is 43.1. The van der Waals surface area contributed by atoms with Crippen LogP contribution in [0, 0.1) is 0 Å². The molecule has 1 aromatic rings. The van der Waals surface area contributed by atoms with E-state index in [4.69, 9.17) is 4.74 Å². The second-order valence-electron chi connectivity index (χ2n) is 4.01. The Bertz CT molecular complexity index is 425. The van der Waals surface area contributed by atoms with Gasteiger partial charge in [-0.15, -0.1) is 12.4 Å². The van der Waals surface area contributed by atoms with Crippen LogP contribution in [0.3, 0.4) is 0 Å². The minimum absolute atomic E-state index is 0. The quantitative estimate of drug-likeness (QED) is 0.860. The molecule has 102 valence electrons. The molecule has 2 rings (SSSR count).